The second kappa shape index (κ2) is 6.52. The molecule has 0 unspecified atom stereocenters. The van der Waals surface area contributed by atoms with Gasteiger partial charge < -0.3 is 25.2 Å². The fourth-order valence-corrected chi connectivity index (χ4v) is 0.747. The van der Waals surface area contributed by atoms with Crippen molar-refractivity contribution < 1.29 is 30.0 Å². The van der Waals surface area contributed by atoms with E-state index in [1.165, 1.54) is 6.92 Å². The first kappa shape index (κ1) is 14.1. The summed E-state index contributed by atoms with van der Waals surface area (Å²) in [4.78, 5) is 10.9. The molecule has 0 rings (SSSR count). The number of aliphatic hydroxyl groups excluding tert-OH is 4. The van der Waals surface area contributed by atoms with Crippen LogP contribution in [-0.4, -0.2) is 57.9 Å². The minimum absolute atomic E-state index is 0.166. The maximum Gasteiger partial charge on any atom is 0.333 e. The maximum absolute atomic E-state index is 10.9. The van der Waals surface area contributed by atoms with Crippen LogP contribution in [0.3, 0.4) is 0 Å². The Hall–Kier alpha value is -0.950. The van der Waals surface area contributed by atoms with Gasteiger partial charge in [-0.3, -0.25) is 0 Å². The lowest BCUT2D eigenvalue weighted by atomic mass is 10.1. The zero-order valence-corrected chi connectivity index (χ0v) is 8.46. The van der Waals surface area contributed by atoms with Gasteiger partial charge in [0.25, 0.3) is 0 Å². The number of carbonyl (C=O) groups excluding carboxylic acids is 1. The molecule has 0 bridgehead atoms. The van der Waals surface area contributed by atoms with Gasteiger partial charge in [0.15, 0.2) is 0 Å². The lowest BCUT2D eigenvalue weighted by Gasteiger charge is -2.21. The number of hydrogen-bond acceptors (Lipinski definition) is 6. The molecular formula is C9H16O6. The van der Waals surface area contributed by atoms with Crippen molar-refractivity contribution in [3.8, 4) is 0 Å². The van der Waals surface area contributed by atoms with E-state index in [1.54, 1.807) is 0 Å². The SMILES string of the molecule is C=C(C)C(=O)OC[C@H](O)[C@@H](O)[C@H](O)CO. The van der Waals surface area contributed by atoms with Crippen molar-refractivity contribution in [3.05, 3.63) is 12.2 Å². The van der Waals surface area contributed by atoms with E-state index in [9.17, 15) is 9.90 Å². The molecule has 15 heavy (non-hydrogen) atoms. The van der Waals surface area contributed by atoms with Crippen molar-refractivity contribution in [1.82, 2.24) is 0 Å². The predicted molar refractivity (Wildman–Crippen MR) is 50.9 cm³/mol. The molecule has 0 radical (unpaired) electrons. The van der Waals surface area contributed by atoms with Crippen molar-refractivity contribution in [3.63, 3.8) is 0 Å². The number of carbonyl (C=O) groups is 1. The van der Waals surface area contributed by atoms with Crippen LogP contribution in [0.25, 0.3) is 0 Å². The summed E-state index contributed by atoms with van der Waals surface area (Å²) >= 11 is 0. The van der Waals surface area contributed by atoms with Crippen LogP contribution >= 0.6 is 0 Å². The number of ether oxygens (including phenoxy) is 1. The van der Waals surface area contributed by atoms with Crippen molar-refractivity contribution in [1.29, 1.82) is 0 Å². The smallest absolute Gasteiger partial charge is 0.333 e. The van der Waals surface area contributed by atoms with Crippen molar-refractivity contribution in [2.45, 2.75) is 25.2 Å². The third kappa shape index (κ3) is 4.89. The van der Waals surface area contributed by atoms with Crippen LogP contribution in [0.15, 0.2) is 12.2 Å². The minimum Gasteiger partial charge on any atom is -0.459 e. The predicted octanol–water partition coefficient (Wildman–Crippen LogP) is -1.82. The first-order valence-corrected chi connectivity index (χ1v) is 4.37. The monoisotopic (exact) mass is 220 g/mol. The normalized spacial score (nSPS) is 16.6. The van der Waals surface area contributed by atoms with Gasteiger partial charge >= 0.3 is 5.97 Å². The summed E-state index contributed by atoms with van der Waals surface area (Å²) in [6, 6.07) is 0. The van der Waals surface area contributed by atoms with Gasteiger partial charge in [0.2, 0.25) is 0 Å². The van der Waals surface area contributed by atoms with E-state index in [0.29, 0.717) is 0 Å². The Morgan fingerprint density at radius 3 is 2.27 bits per heavy atom. The van der Waals surface area contributed by atoms with Crippen molar-refractivity contribution in [2.75, 3.05) is 13.2 Å². The van der Waals surface area contributed by atoms with Crippen LogP contribution in [0.5, 0.6) is 0 Å². The van der Waals surface area contributed by atoms with Crippen LogP contribution in [0.1, 0.15) is 6.92 Å². The van der Waals surface area contributed by atoms with E-state index in [0.717, 1.165) is 0 Å². The quantitative estimate of drug-likeness (QED) is 0.310. The highest BCUT2D eigenvalue weighted by Gasteiger charge is 2.25. The molecule has 0 amide bonds. The fourth-order valence-electron chi connectivity index (χ4n) is 0.747. The summed E-state index contributed by atoms with van der Waals surface area (Å²) < 4.78 is 4.54. The van der Waals surface area contributed by atoms with Crippen LogP contribution in [0.4, 0.5) is 0 Å². The summed E-state index contributed by atoms with van der Waals surface area (Å²) in [6.07, 6.45) is -4.48. The molecule has 0 aliphatic heterocycles. The van der Waals surface area contributed by atoms with Gasteiger partial charge in [0.1, 0.15) is 24.9 Å². The number of hydrogen-bond donors (Lipinski definition) is 4. The van der Waals surface area contributed by atoms with E-state index in [1.807, 2.05) is 0 Å². The molecule has 0 fully saturated rings. The average molecular weight is 220 g/mol. The summed E-state index contributed by atoms with van der Waals surface area (Å²) in [6.45, 7) is 3.60. The van der Waals surface area contributed by atoms with Gasteiger partial charge in [-0.15, -0.1) is 0 Å². The number of rotatable bonds is 6. The lowest BCUT2D eigenvalue weighted by molar-refractivity contribution is -0.148. The molecule has 0 aliphatic rings. The van der Waals surface area contributed by atoms with E-state index in [4.69, 9.17) is 15.3 Å². The number of aliphatic hydroxyl groups is 4. The molecule has 0 aromatic rings. The molecule has 0 aromatic carbocycles. The van der Waals surface area contributed by atoms with Gasteiger partial charge in [-0.2, -0.15) is 0 Å². The molecule has 0 saturated heterocycles. The molecule has 3 atom stereocenters. The van der Waals surface area contributed by atoms with E-state index in [2.05, 4.69) is 11.3 Å². The highest BCUT2D eigenvalue weighted by molar-refractivity contribution is 5.86. The fraction of sp³-hybridized carbons (Fsp3) is 0.667. The minimum atomic E-state index is -1.56. The van der Waals surface area contributed by atoms with E-state index in [-0.39, 0.29) is 5.57 Å². The standard InChI is InChI=1S/C9H16O6/c1-5(2)9(14)15-4-7(12)8(13)6(11)3-10/h6-8,10-13H,1,3-4H2,2H3/t6-,7+,8+/m1/s1. The van der Waals surface area contributed by atoms with Crippen molar-refractivity contribution in [2.24, 2.45) is 0 Å². The molecule has 0 saturated carbocycles. The summed E-state index contributed by atoms with van der Waals surface area (Å²) in [5, 5.41) is 35.8. The third-order valence-corrected chi connectivity index (χ3v) is 1.71. The Balaban J connectivity index is 3.98. The van der Waals surface area contributed by atoms with Crippen LogP contribution in [0.2, 0.25) is 0 Å². The van der Waals surface area contributed by atoms with E-state index < -0.39 is 37.5 Å². The number of esters is 1. The second-order valence-electron chi connectivity index (χ2n) is 3.19. The topological polar surface area (TPSA) is 107 Å². The van der Waals surface area contributed by atoms with Crippen LogP contribution in [-0.2, 0) is 9.53 Å². The van der Waals surface area contributed by atoms with Gasteiger partial charge in [-0.25, -0.2) is 4.79 Å². The Labute approximate surface area is 87.4 Å². The largest absolute Gasteiger partial charge is 0.459 e. The molecule has 6 nitrogen and oxygen atoms in total. The highest BCUT2D eigenvalue weighted by atomic mass is 16.5. The maximum atomic E-state index is 10.9. The zero-order chi connectivity index (χ0) is 12.0. The second-order valence-corrected chi connectivity index (χ2v) is 3.19. The molecule has 0 spiro atoms. The Morgan fingerprint density at radius 2 is 1.87 bits per heavy atom. The van der Waals surface area contributed by atoms with Crippen LogP contribution in [0, 0.1) is 0 Å². The average Bonchev–Trinajstić information content (AvgIpc) is 2.22. The molecule has 88 valence electrons. The molecule has 4 N–H and O–H groups in total. The first-order chi connectivity index (χ1) is 6.90. The van der Waals surface area contributed by atoms with Gasteiger partial charge in [-0.05, 0) is 6.92 Å². The molecule has 0 heterocycles. The lowest BCUT2D eigenvalue weighted by Crippen LogP contribution is -2.42. The summed E-state index contributed by atoms with van der Waals surface area (Å²) in [5.41, 5.74) is 0.166. The Kier molecular flexibility index (Phi) is 6.11. The highest BCUT2D eigenvalue weighted by Crippen LogP contribution is 2.02. The van der Waals surface area contributed by atoms with Gasteiger partial charge in [0, 0.05) is 5.57 Å². The van der Waals surface area contributed by atoms with Crippen molar-refractivity contribution >= 4 is 5.97 Å². The van der Waals surface area contributed by atoms with Gasteiger partial charge in [0.05, 0.1) is 6.61 Å². The Bertz CT molecular complexity index is 227. The summed E-state index contributed by atoms with van der Waals surface area (Å²) in [7, 11) is 0. The van der Waals surface area contributed by atoms with Gasteiger partial charge in [-0.1, -0.05) is 6.58 Å². The first-order valence-electron chi connectivity index (χ1n) is 4.37. The molecule has 0 aliphatic carbocycles. The van der Waals surface area contributed by atoms with Crippen LogP contribution < -0.4 is 0 Å². The molecule has 0 aromatic heterocycles. The zero-order valence-electron chi connectivity index (χ0n) is 8.46. The molecule has 6 heteroatoms. The summed E-state index contributed by atoms with van der Waals surface area (Å²) in [5.74, 6) is -0.695. The molecular weight excluding hydrogens is 204 g/mol. The van der Waals surface area contributed by atoms with E-state index >= 15 is 0 Å². The third-order valence-electron chi connectivity index (χ3n) is 1.71. The Morgan fingerprint density at radius 1 is 1.33 bits per heavy atom.